The van der Waals surface area contributed by atoms with Gasteiger partial charge in [-0.3, -0.25) is 9.69 Å². The molecule has 2 bridgehead atoms. The largest absolute Gasteiger partial charge is 0.508 e. The SMILES string of the molecule is C#Cc1c(F)ccc2cc(O)cc(N3CCc4c(nc(OCC56CCCN5CCC6)nc4N4C[C@H]5CC(F)(F)[C@@H](C4)N5C(=O)C=C)C3)c12. The molecule has 5 aliphatic rings. The van der Waals surface area contributed by atoms with Crippen molar-refractivity contribution in [2.75, 3.05) is 49.1 Å². The van der Waals surface area contributed by atoms with Crippen molar-refractivity contribution in [3.8, 4) is 24.1 Å². The van der Waals surface area contributed by atoms with Gasteiger partial charge in [0.25, 0.3) is 5.92 Å². The number of phenols is 1. The van der Waals surface area contributed by atoms with E-state index in [0.29, 0.717) is 47.5 Å². The summed E-state index contributed by atoms with van der Waals surface area (Å²) in [5.74, 6) is -1.03. The number of alkyl halides is 2. The third-order valence-electron chi connectivity index (χ3n) is 11.1. The third-order valence-corrected chi connectivity index (χ3v) is 11.1. The molecule has 4 saturated heterocycles. The average molecular weight is 659 g/mol. The van der Waals surface area contributed by atoms with E-state index in [-0.39, 0.29) is 42.5 Å². The second-order valence-corrected chi connectivity index (χ2v) is 13.8. The summed E-state index contributed by atoms with van der Waals surface area (Å²) < 4.78 is 51.9. The van der Waals surface area contributed by atoms with Crippen LogP contribution < -0.4 is 14.5 Å². The van der Waals surface area contributed by atoms with Gasteiger partial charge in [-0.15, -0.1) is 6.42 Å². The van der Waals surface area contributed by atoms with E-state index < -0.39 is 36.2 Å². The molecule has 48 heavy (non-hydrogen) atoms. The van der Waals surface area contributed by atoms with Crippen LogP contribution in [0.4, 0.5) is 24.7 Å². The number of hydrogen-bond acceptors (Lipinski definition) is 8. The topological polar surface area (TPSA) is 85.3 Å². The predicted octanol–water partition coefficient (Wildman–Crippen LogP) is 4.64. The predicted molar refractivity (Wildman–Crippen MR) is 175 cm³/mol. The summed E-state index contributed by atoms with van der Waals surface area (Å²) in [4.78, 5) is 30.1. The first-order valence-corrected chi connectivity index (χ1v) is 16.6. The van der Waals surface area contributed by atoms with E-state index in [1.54, 1.807) is 18.2 Å². The highest BCUT2D eigenvalue weighted by Gasteiger charge is 2.59. The van der Waals surface area contributed by atoms with E-state index >= 15 is 8.78 Å². The lowest BCUT2D eigenvalue weighted by Crippen LogP contribution is -2.58. The molecule has 9 nitrogen and oxygen atoms in total. The number of ether oxygens (including phenoxy) is 1. The number of phenolic OH excluding ortho intramolecular Hbond substituents is 1. The first-order chi connectivity index (χ1) is 23.1. The number of anilines is 2. The fourth-order valence-corrected chi connectivity index (χ4v) is 8.90. The Balaban J connectivity index is 1.18. The number of hydrogen-bond donors (Lipinski definition) is 1. The first-order valence-electron chi connectivity index (χ1n) is 16.6. The molecule has 250 valence electrons. The van der Waals surface area contributed by atoms with Gasteiger partial charge in [-0.1, -0.05) is 18.6 Å². The number of nitrogens with zero attached hydrogens (tertiary/aromatic N) is 6. The van der Waals surface area contributed by atoms with Gasteiger partial charge in [-0.2, -0.15) is 9.97 Å². The molecule has 4 fully saturated rings. The molecule has 0 aliphatic carbocycles. The van der Waals surface area contributed by atoms with Crippen molar-refractivity contribution in [1.29, 1.82) is 0 Å². The van der Waals surface area contributed by atoms with Crippen LogP contribution in [0.3, 0.4) is 0 Å². The fraction of sp³-hybridized carbons (Fsp3) is 0.472. The van der Waals surface area contributed by atoms with Gasteiger partial charge in [0, 0.05) is 48.8 Å². The summed E-state index contributed by atoms with van der Waals surface area (Å²) in [6.45, 7) is 6.88. The molecule has 3 aromatic rings. The van der Waals surface area contributed by atoms with Gasteiger partial charge in [0.2, 0.25) is 5.91 Å². The van der Waals surface area contributed by atoms with Crippen LogP contribution in [0, 0.1) is 18.2 Å². The molecule has 0 spiro atoms. The van der Waals surface area contributed by atoms with Crippen molar-refractivity contribution in [3.05, 3.63) is 59.6 Å². The lowest BCUT2D eigenvalue weighted by Gasteiger charge is -2.42. The quantitative estimate of drug-likeness (QED) is 0.303. The molecule has 5 aliphatic heterocycles. The van der Waals surface area contributed by atoms with Gasteiger partial charge >= 0.3 is 6.01 Å². The molecular weight excluding hydrogens is 621 g/mol. The van der Waals surface area contributed by atoms with E-state index in [9.17, 15) is 14.3 Å². The minimum Gasteiger partial charge on any atom is -0.508 e. The molecule has 2 atom stereocenters. The molecule has 2 aromatic carbocycles. The molecule has 6 heterocycles. The molecule has 0 radical (unpaired) electrons. The summed E-state index contributed by atoms with van der Waals surface area (Å²) in [7, 11) is 0. The van der Waals surface area contributed by atoms with E-state index in [2.05, 4.69) is 17.4 Å². The van der Waals surface area contributed by atoms with Gasteiger partial charge in [0.15, 0.2) is 0 Å². The Morgan fingerprint density at radius 2 is 1.94 bits per heavy atom. The van der Waals surface area contributed by atoms with Gasteiger partial charge in [-0.25, -0.2) is 13.2 Å². The maximum atomic E-state index is 15.3. The maximum Gasteiger partial charge on any atom is 0.318 e. The first kappa shape index (κ1) is 30.8. The van der Waals surface area contributed by atoms with Crippen LogP contribution in [-0.4, -0.2) is 93.7 Å². The zero-order valence-corrected chi connectivity index (χ0v) is 26.6. The molecule has 1 aromatic heterocycles. The zero-order chi connectivity index (χ0) is 33.4. The molecule has 1 N–H and O–H groups in total. The van der Waals surface area contributed by atoms with E-state index in [4.69, 9.17) is 21.1 Å². The van der Waals surface area contributed by atoms with Crippen molar-refractivity contribution in [2.24, 2.45) is 0 Å². The number of carbonyl (C=O) groups excluding carboxylic acids is 1. The van der Waals surface area contributed by atoms with E-state index in [0.717, 1.165) is 50.4 Å². The van der Waals surface area contributed by atoms with Gasteiger partial charge in [0.05, 0.1) is 29.4 Å². The van der Waals surface area contributed by atoms with Crippen LogP contribution in [0.1, 0.15) is 48.9 Å². The second kappa shape index (κ2) is 11.3. The van der Waals surface area contributed by atoms with Crippen LogP contribution in [0.2, 0.25) is 0 Å². The van der Waals surface area contributed by atoms with Crippen LogP contribution in [0.15, 0.2) is 36.9 Å². The highest BCUT2D eigenvalue weighted by atomic mass is 19.3. The van der Waals surface area contributed by atoms with Gasteiger partial charge in [0.1, 0.15) is 30.0 Å². The summed E-state index contributed by atoms with van der Waals surface area (Å²) >= 11 is 0. The highest BCUT2D eigenvalue weighted by Crippen LogP contribution is 2.45. The van der Waals surface area contributed by atoms with Crippen molar-refractivity contribution < 1.29 is 27.8 Å². The van der Waals surface area contributed by atoms with Crippen LogP contribution in [-0.2, 0) is 17.8 Å². The van der Waals surface area contributed by atoms with Crippen molar-refractivity contribution in [3.63, 3.8) is 0 Å². The zero-order valence-electron chi connectivity index (χ0n) is 26.6. The molecule has 12 heteroatoms. The van der Waals surface area contributed by atoms with Crippen molar-refractivity contribution in [1.82, 2.24) is 19.8 Å². The number of rotatable bonds is 6. The Labute approximate surface area is 277 Å². The number of aromatic hydroxyl groups is 1. The lowest BCUT2D eigenvalue weighted by atomic mass is 9.95. The Morgan fingerprint density at radius 1 is 1.15 bits per heavy atom. The van der Waals surface area contributed by atoms with Gasteiger partial charge in [-0.05, 0) is 68.8 Å². The summed E-state index contributed by atoms with van der Waals surface area (Å²) in [6.07, 6.45) is 11.2. The smallest absolute Gasteiger partial charge is 0.318 e. The minimum atomic E-state index is -3.05. The Bertz CT molecular complexity index is 1870. The summed E-state index contributed by atoms with van der Waals surface area (Å²) in [6, 6.07) is 4.20. The van der Waals surface area contributed by atoms with Crippen LogP contribution in [0.5, 0.6) is 11.8 Å². The Morgan fingerprint density at radius 3 is 2.67 bits per heavy atom. The van der Waals surface area contributed by atoms with Crippen molar-refractivity contribution >= 4 is 28.2 Å². The van der Waals surface area contributed by atoms with E-state index in [1.165, 1.54) is 11.0 Å². The minimum absolute atomic E-state index is 0.0190. The number of carbonyl (C=O) groups is 1. The third kappa shape index (κ3) is 4.85. The standard InChI is InChI=1S/C36H37F3N6O3/c1-3-25-27(37)8-7-22-15-24(46)16-29(32(22)25)42-14-9-26-28(19-42)40-34(48-21-35-10-5-12-44(35)13-6-11-35)41-33(26)43-18-23-17-36(38,39)30(20-43)45(23)31(47)4-2/h1,4,7-8,15-16,23,30,46H,2,5-6,9-14,17-21H2/t23-,30-/m1/s1. The normalized spacial score (nSPS) is 24.0. The van der Waals surface area contributed by atoms with Crippen LogP contribution in [0.25, 0.3) is 10.8 Å². The molecule has 0 unspecified atom stereocenters. The van der Waals surface area contributed by atoms with Gasteiger partial charge < -0.3 is 24.5 Å². The van der Waals surface area contributed by atoms with Crippen molar-refractivity contribution in [2.45, 2.75) is 68.6 Å². The highest BCUT2D eigenvalue weighted by molar-refractivity contribution is 6.00. The summed E-state index contributed by atoms with van der Waals surface area (Å²) in [5, 5.41) is 11.8. The number of piperazine rings is 1. The number of amides is 1. The molecule has 8 rings (SSSR count). The number of fused-ring (bicyclic) bond motifs is 5. The number of aromatic nitrogens is 2. The van der Waals surface area contributed by atoms with Crippen LogP contribution >= 0.6 is 0 Å². The molecule has 0 saturated carbocycles. The fourth-order valence-electron chi connectivity index (χ4n) is 8.90. The monoisotopic (exact) mass is 658 g/mol. The van der Waals surface area contributed by atoms with E-state index in [1.807, 2.05) is 9.80 Å². The Hall–Kier alpha value is -4.50. The Kier molecular flexibility index (Phi) is 7.25. The summed E-state index contributed by atoms with van der Waals surface area (Å²) in [5.41, 5.74) is 2.11. The maximum absolute atomic E-state index is 15.3. The number of halogens is 3. The average Bonchev–Trinajstić information content (AvgIpc) is 3.70. The second-order valence-electron chi connectivity index (χ2n) is 13.8. The number of terminal acetylenes is 1. The number of benzene rings is 2. The molecular formula is C36H37F3N6O3. The lowest BCUT2D eigenvalue weighted by molar-refractivity contribution is -0.132. The molecule has 1 amide bonds.